The molecule has 0 bridgehead atoms. The molecule has 0 saturated carbocycles. The van der Waals surface area contributed by atoms with Crippen molar-refractivity contribution in [1.82, 2.24) is 15.2 Å². The highest BCUT2D eigenvalue weighted by molar-refractivity contribution is 6.30. The van der Waals surface area contributed by atoms with Gasteiger partial charge >= 0.3 is 0 Å². The molecule has 54 heavy (non-hydrogen) atoms. The number of carbonyl (C=O) groups is 3. The monoisotopic (exact) mass is 753 g/mol. The molecule has 1 aromatic heterocycles. The summed E-state index contributed by atoms with van der Waals surface area (Å²) in [6.07, 6.45) is 32.9. The first-order chi connectivity index (χ1) is 26.3. The number of benzene rings is 2. The van der Waals surface area contributed by atoms with Crippen LogP contribution in [0.4, 0.5) is 0 Å². The van der Waals surface area contributed by atoms with E-state index in [2.05, 4.69) is 84.4 Å². The molecule has 0 fully saturated rings. The van der Waals surface area contributed by atoms with Crippen molar-refractivity contribution in [3.63, 3.8) is 0 Å². The Morgan fingerprint density at radius 2 is 1.26 bits per heavy atom. The normalized spacial score (nSPS) is 12.1. The lowest BCUT2D eigenvalue weighted by Gasteiger charge is -2.09. The highest BCUT2D eigenvalue weighted by atomic mass is 35.5. The third kappa shape index (κ3) is 16.0. The second-order valence-corrected chi connectivity index (χ2v) is 13.0. The Morgan fingerprint density at radius 3 is 1.81 bits per heavy atom. The lowest BCUT2D eigenvalue weighted by Crippen LogP contribution is -2.31. The van der Waals surface area contributed by atoms with E-state index in [-0.39, 0.29) is 24.1 Å². The minimum Gasteiger partial charge on any atom is -0.497 e. The number of hydrogen-bond donors (Lipinski definition) is 2. The third-order valence-electron chi connectivity index (χ3n) is 8.45. The molecule has 0 aliphatic heterocycles. The lowest BCUT2D eigenvalue weighted by atomic mass is 10.1. The van der Waals surface area contributed by atoms with Crippen LogP contribution < -0.4 is 15.4 Å². The summed E-state index contributed by atoms with van der Waals surface area (Å²) in [5.41, 5.74) is 2.61. The fraction of sp³-hybridized carbons (Fsp3) is 0.356. The number of methoxy groups -OCH3 is 1. The number of carbonyl (C=O) groups excluding carboxylic acids is 3. The molecule has 0 radical (unpaired) electrons. The number of halogens is 1. The van der Waals surface area contributed by atoms with Crippen LogP contribution in [0.15, 0.2) is 115 Å². The van der Waals surface area contributed by atoms with E-state index in [0.29, 0.717) is 66.7 Å². The van der Waals surface area contributed by atoms with Crippen molar-refractivity contribution in [2.45, 2.75) is 71.6 Å². The van der Waals surface area contributed by atoms with Gasteiger partial charge in [-0.1, -0.05) is 91.4 Å². The minimum atomic E-state index is -0.208. The van der Waals surface area contributed by atoms with Crippen molar-refractivity contribution in [3.05, 3.63) is 137 Å². The van der Waals surface area contributed by atoms with Gasteiger partial charge in [0.2, 0.25) is 11.8 Å². The highest BCUT2D eigenvalue weighted by Crippen LogP contribution is 2.31. The van der Waals surface area contributed by atoms with Gasteiger partial charge in [0.1, 0.15) is 5.75 Å². The fourth-order valence-corrected chi connectivity index (χ4v) is 5.71. The van der Waals surface area contributed by atoms with E-state index in [1.165, 1.54) is 0 Å². The zero-order valence-corrected chi connectivity index (χ0v) is 32.8. The molecule has 1 heterocycles. The molecule has 2 aromatic carbocycles. The molecule has 3 aromatic rings. The molecule has 2 amide bonds. The van der Waals surface area contributed by atoms with Crippen LogP contribution in [0.2, 0.25) is 5.02 Å². The number of hydrogen-bond acceptors (Lipinski definition) is 5. The molecule has 0 atom stereocenters. The molecule has 0 aliphatic carbocycles. The van der Waals surface area contributed by atoms with Crippen molar-refractivity contribution in [3.8, 4) is 5.75 Å². The molecule has 0 spiro atoms. The largest absolute Gasteiger partial charge is 0.497 e. The maximum atomic E-state index is 13.5. The number of fused-ring (bicyclic) bond motifs is 1. The van der Waals surface area contributed by atoms with Crippen LogP contribution in [0.5, 0.6) is 5.75 Å². The van der Waals surface area contributed by atoms with Crippen LogP contribution in [0.3, 0.4) is 0 Å². The Labute approximate surface area is 326 Å². The molecule has 0 aliphatic rings. The number of nitrogens with one attached hydrogen (secondary N) is 2. The Kier molecular flexibility index (Phi) is 20.9. The van der Waals surface area contributed by atoms with Crippen LogP contribution in [-0.2, 0) is 20.7 Å². The SMILES string of the molecule is CCC=CC/C=C\C/C=C\C/C=C\C/C=C\C/C=C\CCC(=O)NCCOCCNC(=O)Cc1c(C)n(C(=O)c2ccc(Cl)cc2)c2ccc(OC)cc12. The number of aromatic nitrogens is 1. The van der Waals surface area contributed by atoms with Crippen LogP contribution in [0.1, 0.15) is 79.9 Å². The van der Waals surface area contributed by atoms with Gasteiger partial charge in [0.05, 0.1) is 32.3 Å². The first-order valence-corrected chi connectivity index (χ1v) is 19.2. The molecule has 3 rings (SSSR count). The van der Waals surface area contributed by atoms with Crippen molar-refractivity contribution in [2.24, 2.45) is 0 Å². The summed E-state index contributed by atoms with van der Waals surface area (Å²) < 4.78 is 12.7. The lowest BCUT2D eigenvalue weighted by molar-refractivity contribution is -0.121. The fourth-order valence-electron chi connectivity index (χ4n) is 5.59. The van der Waals surface area contributed by atoms with Crippen molar-refractivity contribution in [1.29, 1.82) is 0 Å². The maximum absolute atomic E-state index is 13.5. The van der Waals surface area contributed by atoms with E-state index in [9.17, 15) is 14.4 Å². The first kappa shape index (κ1) is 43.5. The van der Waals surface area contributed by atoms with E-state index in [0.717, 1.165) is 49.5 Å². The van der Waals surface area contributed by atoms with Crippen LogP contribution in [-0.4, -0.2) is 55.7 Å². The quantitative estimate of drug-likeness (QED) is 0.0702. The predicted molar refractivity (Wildman–Crippen MR) is 222 cm³/mol. The Balaban J connectivity index is 1.26. The summed E-state index contributed by atoms with van der Waals surface area (Å²) in [5.74, 6) is 0.215. The molecule has 0 unspecified atom stereocenters. The summed E-state index contributed by atoms with van der Waals surface area (Å²) in [6.45, 7) is 5.36. The standard InChI is InChI=1S/C45H56ClN3O5/c1-4-5-6-7-8-9-10-11-12-13-14-15-16-17-18-19-20-21-22-23-43(50)47-30-32-54-33-31-48-44(51)35-40-36(2)49(42-29-28-39(53-3)34-41(40)42)45(52)37-24-26-38(46)27-25-37/h5-6,8-9,11-12,14-15,17-18,20-21,24-29,34H,4,7,10,13,16,19,22-23,30-33,35H2,1-3H3,(H,47,50)(H,48,51)/b6-5?,9-8-,12-11-,15-14-,18-17-,21-20-. The molecular formula is C45H56ClN3O5. The second-order valence-electron chi connectivity index (χ2n) is 12.5. The number of ether oxygens (including phenoxy) is 2. The molecule has 8 nitrogen and oxygen atoms in total. The van der Waals surface area contributed by atoms with Gasteiger partial charge in [-0.05, 0) is 99.9 Å². The van der Waals surface area contributed by atoms with Crippen molar-refractivity contribution >= 4 is 40.2 Å². The third-order valence-corrected chi connectivity index (χ3v) is 8.70. The average Bonchev–Trinajstić information content (AvgIpc) is 3.44. The zero-order valence-electron chi connectivity index (χ0n) is 32.0. The summed E-state index contributed by atoms with van der Waals surface area (Å²) >= 11 is 6.03. The van der Waals surface area contributed by atoms with Crippen molar-refractivity contribution in [2.75, 3.05) is 33.4 Å². The Morgan fingerprint density at radius 1 is 0.722 bits per heavy atom. The summed E-state index contributed by atoms with van der Waals surface area (Å²) in [4.78, 5) is 38.6. The smallest absolute Gasteiger partial charge is 0.262 e. The topological polar surface area (TPSA) is 98.7 Å². The van der Waals surface area contributed by atoms with E-state index in [4.69, 9.17) is 21.1 Å². The summed E-state index contributed by atoms with van der Waals surface area (Å²) in [7, 11) is 1.58. The second kappa shape index (κ2) is 26.0. The van der Waals surface area contributed by atoms with Gasteiger partial charge in [0.25, 0.3) is 5.91 Å². The number of rotatable bonds is 24. The molecule has 2 N–H and O–H groups in total. The van der Waals surface area contributed by atoms with Crippen molar-refractivity contribution < 1.29 is 23.9 Å². The van der Waals surface area contributed by atoms with E-state index in [1.54, 1.807) is 42.0 Å². The van der Waals surface area contributed by atoms with Gasteiger partial charge < -0.3 is 20.1 Å². The van der Waals surface area contributed by atoms with E-state index in [1.807, 2.05) is 25.1 Å². The number of amides is 2. The summed E-state index contributed by atoms with van der Waals surface area (Å²) in [6, 6.07) is 12.2. The Hall–Kier alpha value is -4.92. The van der Waals surface area contributed by atoms with Crippen LogP contribution in [0.25, 0.3) is 10.9 Å². The maximum Gasteiger partial charge on any atom is 0.262 e. The molecule has 9 heteroatoms. The first-order valence-electron chi connectivity index (χ1n) is 18.8. The van der Waals surface area contributed by atoms with Gasteiger partial charge in [0.15, 0.2) is 0 Å². The summed E-state index contributed by atoms with van der Waals surface area (Å²) in [5, 5.41) is 7.08. The highest BCUT2D eigenvalue weighted by Gasteiger charge is 2.22. The molecule has 288 valence electrons. The molecule has 0 saturated heterocycles. The van der Waals surface area contributed by atoms with Gasteiger partial charge in [-0.25, -0.2) is 0 Å². The van der Waals surface area contributed by atoms with Gasteiger partial charge in [-0.3, -0.25) is 19.0 Å². The predicted octanol–water partition coefficient (Wildman–Crippen LogP) is 9.57. The van der Waals surface area contributed by atoms with E-state index < -0.39 is 0 Å². The minimum absolute atomic E-state index is 0.0212. The van der Waals surface area contributed by atoms with Gasteiger partial charge in [-0.2, -0.15) is 0 Å². The number of nitrogens with zero attached hydrogens (tertiary/aromatic N) is 1. The number of allylic oxidation sites excluding steroid dienone is 12. The Bertz CT molecular complexity index is 1800. The van der Waals surface area contributed by atoms with Gasteiger partial charge in [-0.15, -0.1) is 0 Å². The zero-order chi connectivity index (χ0) is 38.8. The van der Waals surface area contributed by atoms with E-state index >= 15 is 0 Å². The van der Waals surface area contributed by atoms with Gasteiger partial charge in [0, 0.05) is 41.2 Å². The van der Waals surface area contributed by atoms with Crippen LogP contribution in [0, 0.1) is 6.92 Å². The average molecular weight is 754 g/mol. The molecular weight excluding hydrogens is 698 g/mol. The van der Waals surface area contributed by atoms with Crippen LogP contribution >= 0.6 is 11.6 Å².